The van der Waals surface area contributed by atoms with Crippen LogP contribution in [0.3, 0.4) is 0 Å². The minimum Gasteiger partial charge on any atom is -0.497 e. The van der Waals surface area contributed by atoms with Gasteiger partial charge in [0.2, 0.25) is 0 Å². The molecule has 2 aromatic rings. The highest BCUT2D eigenvalue weighted by molar-refractivity contribution is 6.31. The number of likely N-dealkylation sites (tertiary alicyclic amines) is 1. The fraction of sp³-hybridized carbons (Fsp3) is 0.381. The maximum atomic E-state index is 12.7. The first kappa shape index (κ1) is 20.3. The number of hydrogen-bond acceptors (Lipinski definition) is 4. The van der Waals surface area contributed by atoms with E-state index in [1.807, 2.05) is 18.2 Å². The van der Waals surface area contributed by atoms with Crippen LogP contribution in [0.5, 0.6) is 17.2 Å². The minimum absolute atomic E-state index is 0.0793. The van der Waals surface area contributed by atoms with E-state index in [9.17, 15) is 4.79 Å². The predicted molar refractivity (Wildman–Crippen MR) is 109 cm³/mol. The largest absolute Gasteiger partial charge is 0.497 e. The van der Waals surface area contributed by atoms with Gasteiger partial charge in [0.1, 0.15) is 23.3 Å². The maximum absolute atomic E-state index is 12.7. The van der Waals surface area contributed by atoms with E-state index in [0.717, 1.165) is 36.4 Å². The number of amides is 1. The van der Waals surface area contributed by atoms with E-state index in [1.54, 1.807) is 39.5 Å². The molecule has 28 heavy (non-hydrogen) atoms. The summed E-state index contributed by atoms with van der Waals surface area (Å²) in [5.74, 6) is 2.11. The fourth-order valence-corrected chi connectivity index (χ4v) is 3.96. The van der Waals surface area contributed by atoms with E-state index in [2.05, 4.69) is 5.32 Å². The number of ether oxygens (including phenoxy) is 3. The van der Waals surface area contributed by atoms with Gasteiger partial charge in [-0.3, -0.25) is 4.79 Å². The summed E-state index contributed by atoms with van der Waals surface area (Å²) in [5.41, 5.74) is 1.65. The van der Waals surface area contributed by atoms with Crippen LogP contribution in [0.25, 0.3) is 0 Å². The van der Waals surface area contributed by atoms with Crippen LogP contribution >= 0.6 is 11.6 Å². The lowest BCUT2D eigenvalue weighted by molar-refractivity contribution is -0.910. The summed E-state index contributed by atoms with van der Waals surface area (Å²) in [4.78, 5) is 13.9. The monoisotopic (exact) mass is 405 g/mol. The molecule has 0 bridgehead atoms. The van der Waals surface area contributed by atoms with Gasteiger partial charge in [-0.1, -0.05) is 11.6 Å². The van der Waals surface area contributed by atoms with Gasteiger partial charge < -0.3 is 24.4 Å². The van der Waals surface area contributed by atoms with Crippen molar-refractivity contribution in [3.63, 3.8) is 0 Å². The number of anilines is 1. The second-order valence-electron chi connectivity index (χ2n) is 6.78. The molecule has 0 radical (unpaired) electrons. The number of hydrogen-bond donors (Lipinski definition) is 2. The van der Waals surface area contributed by atoms with Crippen molar-refractivity contribution in [2.45, 2.75) is 18.9 Å². The normalized spacial score (nSPS) is 18.6. The van der Waals surface area contributed by atoms with Crippen molar-refractivity contribution in [1.82, 2.24) is 0 Å². The van der Waals surface area contributed by atoms with Gasteiger partial charge in [0, 0.05) is 17.9 Å². The van der Waals surface area contributed by atoms with Gasteiger partial charge in [-0.2, -0.15) is 0 Å². The van der Waals surface area contributed by atoms with E-state index in [-0.39, 0.29) is 11.9 Å². The average molecular weight is 406 g/mol. The Labute approximate surface area is 170 Å². The Morgan fingerprint density at radius 1 is 1.11 bits per heavy atom. The molecule has 3 rings (SSSR count). The van der Waals surface area contributed by atoms with E-state index in [4.69, 9.17) is 25.8 Å². The summed E-state index contributed by atoms with van der Waals surface area (Å²) in [5, 5.41) is 3.47. The lowest BCUT2D eigenvalue weighted by Gasteiger charge is -2.23. The number of nitrogens with one attached hydrogen (secondary N) is 2. The second kappa shape index (κ2) is 9.17. The number of methoxy groups -OCH3 is 3. The Morgan fingerprint density at radius 3 is 2.57 bits per heavy atom. The molecule has 2 N–H and O–H groups in total. The average Bonchev–Trinajstić information content (AvgIpc) is 3.15. The third-order valence-corrected chi connectivity index (χ3v) is 5.35. The molecule has 0 spiro atoms. The zero-order valence-electron chi connectivity index (χ0n) is 16.4. The Hall–Kier alpha value is -2.44. The third-order valence-electron chi connectivity index (χ3n) is 5.12. The van der Waals surface area contributed by atoms with Crippen molar-refractivity contribution in [2.75, 3.05) is 39.7 Å². The Morgan fingerprint density at radius 2 is 1.86 bits per heavy atom. The molecule has 1 heterocycles. The lowest BCUT2D eigenvalue weighted by atomic mass is 10.0. The fourth-order valence-electron chi connectivity index (χ4n) is 3.79. The molecule has 7 heteroatoms. The highest BCUT2D eigenvalue weighted by Crippen LogP contribution is 2.32. The van der Waals surface area contributed by atoms with Crippen molar-refractivity contribution in [2.24, 2.45) is 0 Å². The van der Waals surface area contributed by atoms with Gasteiger partial charge in [-0.05, 0) is 36.4 Å². The SMILES string of the molecule is COc1ccc(OC)c([C@@H]2CCC[NH+]2CC(=O)Nc2cc(Cl)ccc2OC)c1. The lowest BCUT2D eigenvalue weighted by Crippen LogP contribution is -3.11. The van der Waals surface area contributed by atoms with Gasteiger partial charge in [-0.15, -0.1) is 0 Å². The van der Waals surface area contributed by atoms with Gasteiger partial charge in [0.15, 0.2) is 6.54 Å². The predicted octanol–water partition coefficient (Wildman–Crippen LogP) is 2.72. The van der Waals surface area contributed by atoms with E-state index in [1.165, 1.54) is 4.90 Å². The molecule has 1 amide bonds. The molecule has 1 unspecified atom stereocenters. The van der Waals surface area contributed by atoms with Crippen molar-refractivity contribution in [3.8, 4) is 17.2 Å². The number of halogens is 1. The van der Waals surface area contributed by atoms with Gasteiger partial charge in [0.25, 0.3) is 5.91 Å². The standard InChI is InChI=1S/C21H25ClN2O4/c1-26-15-7-9-19(27-2)16(12-15)18-5-4-10-24(18)13-21(25)23-17-11-14(22)6-8-20(17)28-3/h6-9,11-12,18H,4-5,10,13H2,1-3H3,(H,23,25)/p+1/t18-/m0/s1. The second-order valence-corrected chi connectivity index (χ2v) is 7.22. The van der Waals surface area contributed by atoms with Crippen LogP contribution in [0.2, 0.25) is 5.02 Å². The number of quaternary nitrogens is 1. The number of carbonyl (C=O) groups excluding carboxylic acids is 1. The Kier molecular flexibility index (Phi) is 6.65. The molecular weight excluding hydrogens is 380 g/mol. The molecule has 2 aromatic carbocycles. The first-order valence-corrected chi connectivity index (χ1v) is 9.63. The summed E-state index contributed by atoms with van der Waals surface area (Å²) in [6.45, 7) is 1.27. The quantitative estimate of drug-likeness (QED) is 0.743. The summed E-state index contributed by atoms with van der Waals surface area (Å²) < 4.78 is 16.2. The van der Waals surface area contributed by atoms with Crippen LogP contribution in [-0.4, -0.2) is 40.3 Å². The number of rotatable bonds is 7. The van der Waals surface area contributed by atoms with Crippen LogP contribution in [0.1, 0.15) is 24.4 Å². The van der Waals surface area contributed by atoms with Gasteiger partial charge in [0.05, 0.1) is 39.1 Å². The molecule has 0 aliphatic carbocycles. The van der Waals surface area contributed by atoms with Crippen LogP contribution in [0, 0.1) is 0 Å². The van der Waals surface area contributed by atoms with Crippen LogP contribution in [-0.2, 0) is 4.79 Å². The van der Waals surface area contributed by atoms with Crippen molar-refractivity contribution in [3.05, 3.63) is 47.0 Å². The van der Waals surface area contributed by atoms with Crippen LogP contribution in [0.4, 0.5) is 5.69 Å². The van der Waals surface area contributed by atoms with E-state index in [0.29, 0.717) is 23.0 Å². The summed E-state index contributed by atoms with van der Waals surface area (Å²) >= 11 is 6.05. The molecule has 150 valence electrons. The molecule has 1 saturated heterocycles. The molecule has 0 saturated carbocycles. The first-order chi connectivity index (χ1) is 13.5. The Balaban J connectivity index is 1.75. The van der Waals surface area contributed by atoms with Gasteiger partial charge >= 0.3 is 0 Å². The summed E-state index contributed by atoms with van der Waals surface area (Å²) in [6, 6.07) is 11.2. The first-order valence-electron chi connectivity index (χ1n) is 9.25. The zero-order valence-corrected chi connectivity index (χ0v) is 17.1. The molecule has 1 aliphatic rings. The smallest absolute Gasteiger partial charge is 0.279 e. The van der Waals surface area contributed by atoms with Crippen LogP contribution in [0.15, 0.2) is 36.4 Å². The molecule has 2 atom stereocenters. The van der Waals surface area contributed by atoms with Gasteiger partial charge in [-0.25, -0.2) is 0 Å². The molecule has 1 fully saturated rings. The highest BCUT2D eigenvalue weighted by Gasteiger charge is 2.34. The zero-order chi connectivity index (χ0) is 20.1. The van der Waals surface area contributed by atoms with Crippen molar-refractivity contribution < 1.29 is 23.9 Å². The molecular formula is C21H26ClN2O4+. The topological polar surface area (TPSA) is 61.2 Å². The highest BCUT2D eigenvalue weighted by atomic mass is 35.5. The summed E-state index contributed by atoms with van der Waals surface area (Å²) in [7, 11) is 4.88. The summed E-state index contributed by atoms with van der Waals surface area (Å²) in [6.07, 6.45) is 2.04. The maximum Gasteiger partial charge on any atom is 0.279 e. The number of benzene rings is 2. The third kappa shape index (κ3) is 4.51. The molecule has 1 aliphatic heterocycles. The van der Waals surface area contributed by atoms with E-state index >= 15 is 0 Å². The van der Waals surface area contributed by atoms with Crippen LogP contribution < -0.4 is 24.4 Å². The Bertz CT molecular complexity index is 843. The van der Waals surface area contributed by atoms with Crippen molar-refractivity contribution >= 4 is 23.2 Å². The molecule has 0 aromatic heterocycles. The molecule has 6 nitrogen and oxygen atoms in total. The van der Waals surface area contributed by atoms with E-state index < -0.39 is 0 Å². The minimum atomic E-state index is -0.0793. The van der Waals surface area contributed by atoms with Crippen molar-refractivity contribution in [1.29, 1.82) is 0 Å². The number of carbonyl (C=O) groups is 1.